The lowest BCUT2D eigenvalue weighted by Crippen LogP contribution is -2.24. The summed E-state index contributed by atoms with van der Waals surface area (Å²) in [4.78, 5) is 0. The van der Waals surface area contributed by atoms with E-state index in [1.54, 1.807) is 0 Å². The molecule has 2 atom stereocenters. The molecule has 2 heteroatoms. The Kier molecular flexibility index (Phi) is 3.16. The van der Waals surface area contributed by atoms with Gasteiger partial charge in [-0.1, -0.05) is 0 Å². The fourth-order valence-electron chi connectivity index (χ4n) is 1.57. The number of hydrogen-bond acceptors (Lipinski definition) is 2. The van der Waals surface area contributed by atoms with Crippen LogP contribution in [0, 0.1) is 0 Å². The van der Waals surface area contributed by atoms with Gasteiger partial charge in [0.1, 0.15) is 0 Å². The summed E-state index contributed by atoms with van der Waals surface area (Å²) < 4.78 is 0. The van der Waals surface area contributed by atoms with Gasteiger partial charge in [-0.3, -0.25) is 0 Å². The lowest BCUT2D eigenvalue weighted by Gasteiger charge is -2.11. The molecule has 1 saturated carbocycles. The molecule has 0 aliphatic heterocycles. The summed E-state index contributed by atoms with van der Waals surface area (Å²) in [5.74, 6) is 0. The highest BCUT2D eigenvalue weighted by Crippen LogP contribution is 2.17. The Hall–Kier alpha value is -0.0800. The molecule has 0 bridgehead atoms. The average molecular weight is 143 g/mol. The Bertz CT molecular complexity index is 95.3. The van der Waals surface area contributed by atoms with Gasteiger partial charge in [-0.05, 0) is 39.2 Å². The molecule has 0 saturated heterocycles. The van der Waals surface area contributed by atoms with Crippen molar-refractivity contribution < 1.29 is 5.11 Å². The zero-order chi connectivity index (χ0) is 7.40. The number of hydrogen-bond donors (Lipinski definition) is 2. The third-order valence-electron chi connectivity index (χ3n) is 2.35. The average Bonchev–Trinajstić information content (AvgIpc) is 2.14. The van der Waals surface area contributed by atoms with E-state index in [0.29, 0.717) is 6.04 Å². The molecule has 0 amide bonds. The Morgan fingerprint density at radius 1 is 1.20 bits per heavy atom. The van der Waals surface area contributed by atoms with Crippen molar-refractivity contribution in [2.75, 3.05) is 7.05 Å². The summed E-state index contributed by atoms with van der Waals surface area (Å²) >= 11 is 0. The molecule has 10 heavy (non-hydrogen) atoms. The molecule has 0 radical (unpaired) electrons. The highest BCUT2D eigenvalue weighted by Gasteiger charge is 2.14. The van der Waals surface area contributed by atoms with Gasteiger partial charge in [0.05, 0.1) is 6.10 Å². The largest absolute Gasteiger partial charge is 0.393 e. The van der Waals surface area contributed by atoms with Crippen molar-refractivity contribution >= 4 is 0 Å². The van der Waals surface area contributed by atoms with E-state index in [1.807, 2.05) is 7.05 Å². The Balaban J connectivity index is 2.26. The van der Waals surface area contributed by atoms with Crippen LogP contribution in [0.4, 0.5) is 0 Å². The van der Waals surface area contributed by atoms with Crippen molar-refractivity contribution in [2.45, 2.75) is 44.2 Å². The predicted octanol–water partition coefficient (Wildman–Crippen LogP) is 0.899. The van der Waals surface area contributed by atoms with Crippen LogP contribution < -0.4 is 5.32 Å². The maximum atomic E-state index is 9.27. The first-order chi connectivity index (χ1) is 4.83. The Labute approximate surface area is 62.6 Å². The van der Waals surface area contributed by atoms with Gasteiger partial charge >= 0.3 is 0 Å². The minimum Gasteiger partial charge on any atom is -0.393 e. The maximum absolute atomic E-state index is 9.27. The molecule has 0 aromatic carbocycles. The van der Waals surface area contributed by atoms with Crippen molar-refractivity contribution in [3.05, 3.63) is 0 Å². The Morgan fingerprint density at radius 2 is 2.00 bits per heavy atom. The fourth-order valence-corrected chi connectivity index (χ4v) is 1.57. The SMILES string of the molecule is CN[C@@H]1CCC[C@H](O)CC1. The first kappa shape index (κ1) is 8.02. The van der Waals surface area contributed by atoms with Gasteiger partial charge in [0, 0.05) is 6.04 Å². The van der Waals surface area contributed by atoms with Crippen molar-refractivity contribution in [2.24, 2.45) is 0 Å². The molecule has 0 heterocycles. The smallest absolute Gasteiger partial charge is 0.0540 e. The monoisotopic (exact) mass is 143 g/mol. The van der Waals surface area contributed by atoms with Crippen LogP contribution in [0.3, 0.4) is 0 Å². The summed E-state index contributed by atoms with van der Waals surface area (Å²) in [6, 6.07) is 0.650. The minimum absolute atomic E-state index is 0.0293. The van der Waals surface area contributed by atoms with E-state index in [4.69, 9.17) is 0 Å². The third kappa shape index (κ3) is 2.27. The van der Waals surface area contributed by atoms with Crippen molar-refractivity contribution in [3.8, 4) is 0 Å². The summed E-state index contributed by atoms with van der Waals surface area (Å²) in [7, 11) is 2.00. The summed E-state index contributed by atoms with van der Waals surface area (Å²) in [6.45, 7) is 0. The maximum Gasteiger partial charge on any atom is 0.0540 e. The van der Waals surface area contributed by atoms with Crippen LogP contribution in [-0.4, -0.2) is 24.3 Å². The second kappa shape index (κ2) is 3.94. The lowest BCUT2D eigenvalue weighted by molar-refractivity contribution is 0.156. The molecule has 1 rings (SSSR count). The lowest BCUT2D eigenvalue weighted by atomic mass is 10.1. The molecule has 2 N–H and O–H groups in total. The third-order valence-corrected chi connectivity index (χ3v) is 2.35. The normalized spacial score (nSPS) is 35.4. The van der Waals surface area contributed by atoms with Gasteiger partial charge in [-0.25, -0.2) is 0 Å². The molecule has 1 aliphatic rings. The Morgan fingerprint density at radius 3 is 2.70 bits per heavy atom. The van der Waals surface area contributed by atoms with Crippen LogP contribution in [-0.2, 0) is 0 Å². The van der Waals surface area contributed by atoms with Crippen molar-refractivity contribution in [1.82, 2.24) is 5.32 Å². The van der Waals surface area contributed by atoms with Gasteiger partial charge in [0.2, 0.25) is 0 Å². The predicted molar refractivity (Wildman–Crippen MR) is 41.9 cm³/mol. The second-order valence-electron chi connectivity index (χ2n) is 3.15. The van der Waals surface area contributed by atoms with E-state index in [1.165, 1.54) is 12.8 Å². The van der Waals surface area contributed by atoms with E-state index in [9.17, 15) is 5.11 Å². The molecular weight excluding hydrogens is 126 g/mol. The highest BCUT2D eigenvalue weighted by molar-refractivity contribution is 4.72. The number of rotatable bonds is 1. The van der Waals surface area contributed by atoms with E-state index in [2.05, 4.69) is 5.32 Å². The molecule has 0 unspecified atom stereocenters. The summed E-state index contributed by atoms with van der Waals surface area (Å²) in [5.41, 5.74) is 0. The molecule has 60 valence electrons. The molecule has 1 aliphatic carbocycles. The van der Waals surface area contributed by atoms with Gasteiger partial charge in [0.25, 0.3) is 0 Å². The molecule has 0 aromatic rings. The fraction of sp³-hybridized carbons (Fsp3) is 1.00. The summed E-state index contributed by atoms with van der Waals surface area (Å²) in [6.07, 6.45) is 5.49. The van der Waals surface area contributed by atoms with Gasteiger partial charge < -0.3 is 10.4 Å². The number of nitrogens with one attached hydrogen (secondary N) is 1. The second-order valence-corrected chi connectivity index (χ2v) is 3.15. The number of aliphatic hydroxyl groups is 1. The van der Waals surface area contributed by atoms with Crippen molar-refractivity contribution in [3.63, 3.8) is 0 Å². The zero-order valence-electron chi connectivity index (χ0n) is 6.64. The van der Waals surface area contributed by atoms with Crippen LogP contribution in [0.1, 0.15) is 32.1 Å². The first-order valence-electron chi connectivity index (χ1n) is 4.18. The topological polar surface area (TPSA) is 32.3 Å². The van der Waals surface area contributed by atoms with Crippen LogP contribution in [0.2, 0.25) is 0 Å². The van der Waals surface area contributed by atoms with Crippen LogP contribution >= 0.6 is 0 Å². The standard InChI is InChI=1S/C8H17NO/c1-9-7-3-2-4-8(10)6-5-7/h7-10H,2-6H2,1H3/t7-,8+/m1/s1. The zero-order valence-corrected chi connectivity index (χ0v) is 6.64. The van der Waals surface area contributed by atoms with E-state index in [-0.39, 0.29) is 6.10 Å². The van der Waals surface area contributed by atoms with E-state index >= 15 is 0 Å². The molecule has 0 spiro atoms. The van der Waals surface area contributed by atoms with Gasteiger partial charge in [-0.15, -0.1) is 0 Å². The molecular formula is C8H17NO. The number of aliphatic hydroxyl groups excluding tert-OH is 1. The quantitative estimate of drug-likeness (QED) is 0.534. The van der Waals surface area contributed by atoms with Crippen molar-refractivity contribution in [1.29, 1.82) is 0 Å². The molecule has 1 fully saturated rings. The van der Waals surface area contributed by atoms with Gasteiger partial charge in [0.15, 0.2) is 0 Å². The minimum atomic E-state index is -0.0293. The van der Waals surface area contributed by atoms with E-state index in [0.717, 1.165) is 19.3 Å². The molecule has 2 nitrogen and oxygen atoms in total. The first-order valence-corrected chi connectivity index (χ1v) is 4.18. The van der Waals surface area contributed by atoms with Crippen LogP contribution in [0.25, 0.3) is 0 Å². The van der Waals surface area contributed by atoms with E-state index < -0.39 is 0 Å². The van der Waals surface area contributed by atoms with Crippen LogP contribution in [0.5, 0.6) is 0 Å². The highest BCUT2D eigenvalue weighted by atomic mass is 16.3. The molecule has 0 aromatic heterocycles. The summed E-state index contributed by atoms with van der Waals surface area (Å²) in [5, 5.41) is 12.5. The van der Waals surface area contributed by atoms with Gasteiger partial charge in [-0.2, -0.15) is 0 Å². The van der Waals surface area contributed by atoms with Crippen LogP contribution in [0.15, 0.2) is 0 Å².